The molecule has 0 bridgehead atoms. The molecule has 3 aliphatic heterocycles. The summed E-state index contributed by atoms with van der Waals surface area (Å²) >= 11 is 0. The van der Waals surface area contributed by atoms with Crippen LogP contribution in [-0.4, -0.2) is 162 Å². The molecule has 15 atom stereocenters. The van der Waals surface area contributed by atoms with Gasteiger partial charge < -0.3 is 91.5 Å². The molecular weight excluding hydrogens is 545 g/mol. The standard InChI is InChI=1S/C18H36N3O16P/c19-6-9(25)12(4(1-22)33-15(6)29)35-16-7(20)10(26)13(5(2-23)34-16)36-17-8(21)11(27)14(28)18(3-24,37-17)38(30,31)32/h4-17,22-29H,1-3,19-21H2,(H2,30,31,32)/t4-,5-,6-,7-,8-,9-,10-,11-,12?,13?,14+,15-,16+,17+,18-/m1/s1. The molecule has 0 spiro atoms. The molecule has 3 aliphatic rings. The first-order valence-electron chi connectivity index (χ1n) is 11.5. The van der Waals surface area contributed by atoms with E-state index in [1.807, 2.05) is 0 Å². The summed E-state index contributed by atoms with van der Waals surface area (Å²) in [5, 5.41) is 77.6. The fourth-order valence-electron chi connectivity index (χ4n) is 4.53. The predicted molar refractivity (Wildman–Crippen MR) is 118 cm³/mol. The molecule has 3 saturated heterocycles. The predicted octanol–water partition coefficient (Wildman–Crippen LogP) is -8.17. The summed E-state index contributed by atoms with van der Waals surface area (Å²) in [6.45, 7) is -3.04. The number of aliphatic hydroxyl groups excluding tert-OH is 8. The van der Waals surface area contributed by atoms with Crippen LogP contribution in [0.3, 0.4) is 0 Å². The molecule has 20 heteroatoms. The van der Waals surface area contributed by atoms with Crippen molar-refractivity contribution in [2.75, 3.05) is 19.8 Å². The third kappa shape index (κ3) is 5.65. The molecular formula is C18H36N3O16P. The normalized spacial score (nSPS) is 50.7. The Balaban J connectivity index is 1.80. The highest BCUT2D eigenvalue weighted by atomic mass is 31.2. The maximum absolute atomic E-state index is 12.0. The minimum absolute atomic E-state index is 0.720. The molecule has 0 radical (unpaired) electrons. The highest BCUT2D eigenvalue weighted by Gasteiger charge is 2.63. The molecule has 3 fully saturated rings. The lowest BCUT2D eigenvalue weighted by Crippen LogP contribution is -2.71. The van der Waals surface area contributed by atoms with Gasteiger partial charge in [-0.25, -0.2) is 0 Å². The summed E-state index contributed by atoms with van der Waals surface area (Å²) in [5.41, 5.74) is 17.5. The van der Waals surface area contributed by atoms with Crippen molar-refractivity contribution in [1.29, 1.82) is 0 Å². The number of nitrogens with two attached hydrogens (primary N) is 3. The Bertz CT molecular complexity index is 837. The van der Waals surface area contributed by atoms with E-state index >= 15 is 0 Å². The molecule has 38 heavy (non-hydrogen) atoms. The van der Waals surface area contributed by atoms with Crippen LogP contribution in [0.2, 0.25) is 0 Å². The molecule has 0 amide bonds. The largest absolute Gasteiger partial charge is 0.394 e. The third-order valence-electron chi connectivity index (χ3n) is 6.94. The number of rotatable bonds is 8. The smallest absolute Gasteiger partial charge is 0.362 e. The van der Waals surface area contributed by atoms with Gasteiger partial charge >= 0.3 is 7.60 Å². The van der Waals surface area contributed by atoms with Gasteiger partial charge in [-0.3, -0.25) is 4.57 Å². The summed E-state index contributed by atoms with van der Waals surface area (Å²) in [6, 6.07) is -4.51. The molecule has 19 nitrogen and oxygen atoms in total. The Hall–Kier alpha value is -0.490. The van der Waals surface area contributed by atoms with Crippen LogP contribution in [0.4, 0.5) is 0 Å². The summed E-state index contributed by atoms with van der Waals surface area (Å²) in [6.07, 6.45) is -18.7. The average molecular weight is 581 g/mol. The van der Waals surface area contributed by atoms with Gasteiger partial charge in [-0.1, -0.05) is 0 Å². The minimum atomic E-state index is -5.48. The summed E-state index contributed by atoms with van der Waals surface area (Å²) in [4.78, 5) is 19.4. The first kappa shape index (κ1) is 32.0. The van der Waals surface area contributed by atoms with Gasteiger partial charge in [0, 0.05) is 0 Å². The van der Waals surface area contributed by atoms with Crippen LogP contribution >= 0.6 is 7.60 Å². The monoisotopic (exact) mass is 581 g/mol. The first-order valence-corrected chi connectivity index (χ1v) is 13.1. The molecule has 3 rings (SSSR count). The zero-order valence-corrected chi connectivity index (χ0v) is 20.7. The minimum Gasteiger partial charge on any atom is -0.394 e. The van der Waals surface area contributed by atoms with Crippen LogP contribution in [0.25, 0.3) is 0 Å². The molecule has 0 aromatic rings. The van der Waals surface area contributed by atoms with E-state index in [1.54, 1.807) is 0 Å². The zero-order chi connectivity index (χ0) is 28.7. The Morgan fingerprint density at radius 3 is 1.71 bits per heavy atom. The summed E-state index contributed by atoms with van der Waals surface area (Å²) in [7, 11) is -5.48. The summed E-state index contributed by atoms with van der Waals surface area (Å²) < 4.78 is 39.0. The second-order valence-corrected chi connectivity index (χ2v) is 11.2. The van der Waals surface area contributed by atoms with Crippen LogP contribution in [0.5, 0.6) is 0 Å². The van der Waals surface area contributed by atoms with Gasteiger partial charge in [-0.2, -0.15) is 0 Å². The van der Waals surface area contributed by atoms with Gasteiger partial charge in [0.1, 0.15) is 48.8 Å². The van der Waals surface area contributed by atoms with Gasteiger partial charge in [0.15, 0.2) is 18.9 Å². The van der Waals surface area contributed by atoms with Crippen LogP contribution in [0, 0.1) is 0 Å². The van der Waals surface area contributed by atoms with Crippen molar-refractivity contribution >= 4 is 7.60 Å². The fraction of sp³-hybridized carbons (Fsp3) is 1.00. The van der Waals surface area contributed by atoms with Crippen LogP contribution in [-0.2, 0) is 28.2 Å². The van der Waals surface area contributed by atoms with Gasteiger partial charge in [0.05, 0.1) is 37.9 Å². The van der Waals surface area contributed by atoms with E-state index in [4.69, 9.17) is 40.9 Å². The van der Waals surface area contributed by atoms with E-state index in [1.165, 1.54) is 0 Å². The van der Waals surface area contributed by atoms with E-state index in [2.05, 4.69) is 0 Å². The van der Waals surface area contributed by atoms with Gasteiger partial charge in [-0.15, -0.1) is 0 Å². The van der Waals surface area contributed by atoms with Crippen LogP contribution in [0.15, 0.2) is 0 Å². The van der Waals surface area contributed by atoms with Gasteiger partial charge in [-0.05, 0) is 0 Å². The Morgan fingerprint density at radius 2 is 1.21 bits per heavy atom. The molecule has 0 aromatic heterocycles. The van der Waals surface area contributed by atoms with Crippen LogP contribution < -0.4 is 17.2 Å². The lowest BCUT2D eigenvalue weighted by atomic mass is 9.94. The first-order chi connectivity index (χ1) is 17.6. The summed E-state index contributed by atoms with van der Waals surface area (Å²) in [5.74, 6) is 0. The maximum atomic E-state index is 12.0. The van der Waals surface area contributed by atoms with Crippen molar-refractivity contribution in [2.45, 2.75) is 91.2 Å². The molecule has 2 unspecified atom stereocenters. The van der Waals surface area contributed by atoms with Gasteiger partial charge in [0.25, 0.3) is 0 Å². The zero-order valence-electron chi connectivity index (χ0n) is 19.8. The average Bonchev–Trinajstić information content (AvgIpc) is 2.87. The molecule has 0 aromatic carbocycles. The highest BCUT2D eigenvalue weighted by molar-refractivity contribution is 7.53. The number of hydrogen-bond acceptors (Lipinski definition) is 17. The highest BCUT2D eigenvalue weighted by Crippen LogP contribution is 2.56. The molecule has 0 saturated carbocycles. The lowest BCUT2D eigenvalue weighted by molar-refractivity contribution is -0.352. The fourth-order valence-corrected chi connectivity index (χ4v) is 5.45. The molecule has 3 heterocycles. The quantitative estimate of drug-likeness (QED) is 0.118. The van der Waals surface area contributed by atoms with Crippen molar-refractivity contribution in [3.63, 3.8) is 0 Å². The molecule has 0 aliphatic carbocycles. The van der Waals surface area contributed by atoms with Crippen molar-refractivity contribution in [1.82, 2.24) is 0 Å². The van der Waals surface area contributed by atoms with E-state index < -0.39 is 119 Å². The maximum Gasteiger partial charge on any atom is 0.362 e. The second-order valence-electron chi connectivity index (χ2n) is 9.36. The number of hydrogen-bond donors (Lipinski definition) is 13. The SMILES string of the molecule is N[C@H]1[C@@H](OC2[C@@H](CO)O[C@@H](OC3[C@@H](CO)O[C@@H](O)[C@H](N)[C@H]3O)[C@H](N)[C@H]2O)O[C@](CO)(P(=O)(O)O)[C@@H](O)[C@@H]1O. The topological polar surface area (TPSA) is 344 Å². The van der Waals surface area contributed by atoms with E-state index in [0.717, 1.165) is 0 Å². The Morgan fingerprint density at radius 1 is 0.737 bits per heavy atom. The third-order valence-corrected chi connectivity index (χ3v) is 8.44. The number of ether oxygens (including phenoxy) is 5. The van der Waals surface area contributed by atoms with Crippen molar-refractivity contribution in [3.8, 4) is 0 Å². The van der Waals surface area contributed by atoms with E-state index in [-0.39, 0.29) is 0 Å². The Labute approximate surface area is 215 Å². The van der Waals surface area contributed by atoms with Crippen LogP contribution in [0.1, 0.15) is 0 Å². The van der Waals surface area contributed by atoms with Crippen molar-refractivity contribution < 1.29 is 78.9 Å². The van der Waals surface area contributed by atoms with E-state index in [0.29, 0.717) is 0 Å². The Kier molecular flexibility index (Phi) is 10.3. The van der Waals surface area contributed by atoms with Crippen molar-refractivity contribution in [2.24, 2.45) is 17.2 Å². The van der Waals surface area contributed by atoms with Gasteiger partial charge in [0.2, 0.25) is 5.34 Å². The van der Waals surface area contributed by atoms with E-state index in [9.17, 15) is 55.2 Å². The second kappa shape index (κ2) is 12.2. The molecule has 224 valence electrons. The van der Waals surface area contributed by atoms with Crippen molar-refractivity contribution in [3.05, 3.63) is 0 Å². The number of aliphatic hydroxyl groups is 8. The molecule has 16 N–H and O–H groups in total. The lowest BCUT2D eigenvalue weighted by Gasteiger charge is -2.50.